The zero-order valence-corrected chi connectivity index (χ0v) is 65.9. The van der Waals surface area contributed by atoms with E-state index in [1.807, 2.05) is 0 Å². The lowest BCUT2D eigenvalue weighted by atomic mass is 9.99. The van der Waals surface area contributed by atoms with E-state index in [9.17, 15) is 43.2 Å². The number of carbonyl (C=O) groups is 4. The van der Waals surface area contributed by atoms with Crippen molar-refractivity contribution in [1.29, 1.82) is 0 Å². The van der Waals surface area contributed by atoms with Crippen molar-refractivity contribution in [2.75, 3.05) is 39.6 Å². The normalized spacial score (nSPS) is 14.2. The van der Waals surface area contributed by atoms with Gasteiger partial charge in [-0.25, -0.2) is 9.13 Å². The van der Waals surface area contributed by atoms with Crippen molar-refractivity contribution in [1.82, 2.24) is 0 Å². The summed E-state index contributed by atoms with van der Waals surface area (Å²) in [5.41, 5.74) is 0. The van der Waals surface area contributed by atoms with Crippen molar-refractivity contribution in [2.45, 2.75) is 432 Å². The molecule has 0 saturated carbocycles. The van der Waals surface area contributed by atoms with Crippen molar-refractivity contribution in [3.63, 3.8) is 0 Å². The third-order valence-electron chi connectivity index (χ3n) is 18.8. The number of aliphatic hydroxyl groups excluding tert-OH is 1. The Labute approximate surface area is 600 Å². The fourth-order valence-corrected chi connectivity index (χ4v) is 13.7. The average Bonchev–Trinajstić information content (AvgIpc) is 0.973. The molecule has 0 aromatic heterocycles. The van der Waals surface area contributed by atoms with Gasteiger partial charge < -0.3 is 33.8 Å². The Morgan fingerprint density at radius 2 is 0.520 bits per heavy atom. The molecular formula is C79H154O17P2. The van der Waals surface area contributed by atoms with E-state index in [2.05, 4.69) is 41.5 Å². The standard InChI is InChI=1S/C79H154O17P2/c1-7-10-12-14-16-18-19-20-21-22-23-24-28-31-34-37-44-50-56-62-77(82)90-68-75(95-78(83)63-57-51-45-38-35-32-29-26-25-27-30-33-36-41-47-53-59-71(4)5)70-94-98(87,88)92-66-73(80)65-91-97(85,86)93-69-74(67-89-76(81)61-55-49-43-17-15-13-11-8-2)96-79(84)64-58-52-46-40-39-42-48-54-60-72(6)9-3/h71-75,80H,7-70H2,1-6H3,(H,85,86)(H,87,88)/t72?,73-,74+,75+/m0/s1. The predicted octanol–water partition coefficient (Wildman–Crippen LogP) is 23.5. The molecule has 0 aromatic carbocycles. The van der Waals surface area contributed by atoms with Crippen LogP contribution in [0.3, 0.4) is 0 Å². The second-order valence-corrected chi connectivity index (χ2v) is 32.1. The van der Waals surface area contributed by atoms with E-state index in [0.29, 0.717) is 25.7 Å². The lowest BCUT2D eigenvalue weighted by Crippen LogP contribution is -2.30. The molecule has 6 atom stereocenters. The first-order chi connectivity index (χ1) is 47.4. The average molecular weight is 1440 g/mol. The van der Waals surface area contributed by atoms with Crippen LogP contribution >= 0.6 is 15.6 Å². The van der Waals surface area contributed by atoms with Crippen LogP contribution in [0.15, 0.2) is 0 Å². The molecule has 17 nitrogen and oxygen atoms in total. The number of esters is 4. The smallest absolute Gasteiger partial charge is 0.462 e. The first-order valence-electron chi connectivity index (χ1n) is 41.0. The van der Waals surface area contributed by atoms with Crippen molar-refractivity contribution < 1.29 is 80.2 Å². The van der Waals surface area contributed by atoms with Crippen LogP contribution in [-0.2, 0) is 65.4 Å². The third-order valence-corrected chi connectivity index (χ3v) is 20.7. The van der Waals surface area contributed by atoms with Crippen LogP contribution in [0.5, 0.6) is 0 Å². The topological polar surface area (TPSA) is 237 Å². The van der Waals surface area contributed by atoms with Crippen LogP contribution in [0.4, 0.5) is 0 Å². The van der Waals surface area contributed by atoms with Crippen LogP contribution in [-0.4, -0.2) is 96.7 Å². The van der Waals surface area contributed by atoms with Crippen LogP contribution in [0.25, 0.3) is 0 Å². The Hall–Kier alpha value is -1.94. The number of phosphoric acid groups is 2. The quantitative estimate of drug-likeness (QED) is 0.0222. The molecule has 0 spiro atoms. The lowest BCUT2D eigenvalue weighted by Gasteiger charge is -2.21. The summed E-state index contributed by atoms with van der Waals surface area (Å²) in [6, 6.07) is 0. The van der Waals surface area contributed by atoms with Crippen molar-refractivity contribution >= 4 is 39.5 Å². The van der Waals surface area contributed by atoms with Crippen LogP contribution in [0.1, 0.15) is 414 Å². The summed E-state index contributed by atoms with van der Waals surface area (Å²) in [6.07, 6.45) is 59.8. The molecule has 3 unspecified atom stereocenters. The largest absolute Gasteiger partial charge is 0.472 e. The van der Waals surface area contributed by atoms with Gasteiger partial charge in [0.2, 0.25) is 0 Å². The van der Waals surface area contributed by atoms with E-state index in [4.69, 9.17) is 37.0 Å². The Balaban J connectivity index is 5.19. The van der Waals surface area contributed by atoms with Crippen LogP contribution in [0, 0.1) is 11.8 Å². The van der Waals surface area contributed by atoms with E-state index >= 15 is 0 Å². The predicted molar refractivity (Wildman–Crippen MR) is 400 cm³/mol. The number of ether oxygens (including phenoxy) is 4. The summed E-state index contributed by atoms with van der Waals surface area (Å²) in [4.78, 5) is 72.8. The molecule has 0 aliphatic carbocycles. The molecule has 582 valence electrons. The lowest BCUT2D eigenvalue weighted by molar-refractivity contribution is -0.161. The Morgan fingerprint density at radius 1 is 0.296 bits per heavy atom. The molecular weight excluding hydrogens is 1280 g/mol. The first-order valence-corrected chi connectivity index (χ1v) is 44.0. The highest BCUT2D eigenvalue weighted by Crippen LogP contribution is 2.45. The number of phosphoric ester groups is 2. The molecule has 0 bridgehead atoms. The number of rotatable bonds is 78. The molecule has 0 fully saturated rings. The molecule has 0 aliphatic rings. The number of hydrogen-bond donors (Lipinski definition) is 3. The molecule has 19 heteroatoms. The molecule has 0 amide bonds. The maximum absolute atomic E-state index is 13.1. The minimum absolute atomic E-state index is 0.105. The van der Waals surface area contributed by atoms with E-state index in [0.717, 1.165) is 108 Å². The third kappa shape index (κ3) is 71.1. The fourth-order valence-electron chi connectivity index (χ4n) is 12.2. The molecule has 0 heterocycles. The van der Waals surface area contributed by atoms with Crippen molar-refractivity contribution in [3.8, 4) is 0 Å². The summed E-state index contributed by atoms with van der Waals surface area (Å²) in [6.45, 7) is 9.62. The van der Waals surface area contributed by atoms with E-state index < -0.39 is 97.5 Å². The summed E-state index contributed by atoms with van der Waals surface area (Å²) in [5, 5.41) is 10.6. The van der Waals surface area contributed by atoms with Crippen LogP contribution in [0.2, 0.25) is 0 Å². The van der Waals surface area contributed by atoms with Crippen LogP contribution < -0.4 is 0 Å². The van der Waals surface area contributed by atoms with Gasteiger partial charge in [-0.05, 0) is 37.5 Å². The number of aliphatic hydroxyl groups is 1. The highest BCUT2D eigenvalue weighted by atomic mass is 31.2. The minimum Gasteiger partial charge on any atom is -0.462 e. The number of unbranched alkanes of at least 4 members (excludes halogenated alkanes) is 47. The molecule has 3 N–H and O–H groups in total. The second kappa shape index (κ2) is 70.7. The minimum atomic E-state index is -4.96. The van der Waals surface area contributed by atoms with E-state index in [1.54, 1.807) is 0 Å². The van der Waals surface area contributed by atoms with Gasteiger partial charge in [0.05, 0.1) is 26.4 Å². The van der Waals surface area contributed by atoms with Gasteiger partial charge in [-0.3, -0.25) is 37.3 Å². The molecule has 0 radical (unpaired) electrons. The zero-order chi connectivity index (χ0) is 72.1. The monoisotopic (exact) mass is 1440 g/mol. The zero-order valence-electron chi connectivity index (χ0n) is 64.1. The maximum atomic E-state index is 13.1. The highest BCUT2D eigenvalue weighted by Gasteiger charge is 2.30. The van der Waals surface area contributed by atoms with E-state index in [-0.39, 0.29) is 25.7 Å². The second-order valence-electron chi connectivity index (χ2n) is 29.2. The summed E-state index contributed by atoms with van der Waals surface area (Å²) >= 11 is 0. The molecule has 0 aromatic rings. The van der Waals surface area contributed by atoms with Gasteiger partial charge in [0.25, 0.3) is 0 Å². The van der Waals surface area contributed by atoms with Crippen molar-refractivity contribution in [3.05, 3.63) is 0 Å². The summed E-state index contributed by atoms with van der Waals surface area (Å²) in [7, 11) is -9.91. The van der Waals surface area contributed by atoms with Gasteiger partial charge in [0.15, 0.2) is 12.2 Å². The van der Waals surface area contributed by atoms with Gasteiger partial charge in [-0.15, -0.1) is 0 Å². The van der Waals surface area contributed by atoms with E-state index in [1.165, 1.54) is 225 Å². The Bertz CT molecular complexity index is 1890. The first kappa shape index (κ1) is 96.1. The SMILES string of the molecule is CCCCCCCCCCCCCCCCCCCCCC(=O)OC[C@H](COP(=O)(O)OC[C@@H](O)COP(=O)(O)OC[C@@H](COC(=O)CCCCCCCCCC)OC(=O)CCCCCCCCCCC(C)CC)OC(=O)CCCCCCCCCCCCCCCCCCC(C)C. The molecule has 0 rings (SSSR count). The van der Waals surface area contributed by atoms with Gasteiger partial charge in [0.1, 0.15) is 19.3 Å². The summed E-state index contributed by atoms with van der Waals surface area (Å²) in [5.74, 6) is -0.537. The summed E-state index contributed by atoms with van der Waals surface area (Å²) < 4.78 is 68.6. The number of carbonyl (C=O) groups excluding carboxylic acids is 4. The van der Waals surface area contributed by atoms with Gasteiger partial charge in [-0.2, -0.15) is 0 Å². The maximum Gasteiger partial charge on any atom is 0.472 e. The highest BCUT2D eigenvalue weighted by molar-refractivity contribution is 7.47. The van der Waals surface area contributed by atoms with Crippen molar-refractivity contribution in [2.24, 2.45) is 11.8 Å². The van der Waals surface area contributed by atoms with Gasteiger partial charge in [-0.1, -0.05) is 363 Å². The Morgan fingerprint density at radius 3 is 0.776 bits per heavy atom. The number of hydrogen-bond acceptors (Lipinski definition) is 15. The molecule has 98 heavy (non-hydrogen) atoms. The Kier molecular flexibility index (Phi) is 69.3. The van der Waals surface area contributed by atoms with Gasteiger partial charge >= 0.3 is 39.5 Å². The van der Waals surface area contributed by atoms with Gasteiger partial charge in [0, 0.05) is 25.7 Å². The molecule has 0 saturated heterocycles. The molecule has 0 aliphatic heterocycles. The fraction of sp³-hybridized carbons (Fsp3) is 0.949.